The maximum atomic E-state index is 12.1. The van der Waals surface area contributed by atoms with Gasteiger partial charge in [-0.05, 0) is 56.9 Å². The molecule has 6 nitrogen and oxygen atoms in total. The molecule has 1 unspecified atom stereocenters. The van der Waals surface area contributed by atoms with Gasteiger partial charge >= 0.3 is 0 Å². The summed E-state index contributed by atoms with van der Waals surface area (Å²) in [5, 5.41) is 4.13. The van der Waals surface area contributed by atoms with E-state index in [1.807, 2.05) is 19.1 Å². The second kappa shape index (κ2) is 11.9. The van der Waals surface area contributed by atoms with Crippen LogP contribution in [0.2, 0.25) is 10.0 Å². The Balaban J connectivity index is 1.33. The zero-order chi connectivity index (χ0) is 24.9. The lowest BCUT2D eigenvalue weighted by Gasteiger charge is -2.47. The van der Waals surface area contributed by atoms with E-state index >= 15 is 0 Å². The number of anilines is 1. The number of nitrogens with zero attached hydrogens (tertiary/aromatic N) is 4. The van der Waals surface area contributed by atoms with E-state index in [0.29, 0.717) is 35.3 Å². The predicted octanol–water partition coefficient (Wildman–Crippen LogP) is 5.26. The van der Waals surface area contributed by atoms with Crippen molar-refractivity contribution in [3.05, 3.63) is 57.7 Å². The molecule has 3 heterocycles. The molecule has 190 valence electrons. The monoisotopic (exact) mass is 517 g/mol. The summed E-state index contributed by atoms with van der Waals surface area (Å²) in [6.07, 6.45) is 5.11. The summed E-state index contributed by atoms with van der Waals surface area (Å²) < 4.78 is 0. The fraction of sp³-hybridized carbons (Fsp3) is 0.556. The second-order valence-electron chi connectivity index (χ2n) is 9.66. The van der Waals surface area contributed by atoms with Gasteiger partial charge in [0.15, 0.2) is 0 Å². The average Bonchev–Trinajstić information content (AvgIpc) is 2.86. The number of pyridine rings is 1. The van der Waals surface area contributed by atoms with Crippen LogP contribution in [0.1, 0.15) is 62.0 Å². The first-order valence-corrected chi connectivity index (χ1v) is 13.6. The van der Waals surface area contributed by atoms with Crippen LogP contribution >= 0.6 is 23.2 Å². The van der Waals surface area contributed by atoms with Crippen LogP contribution in [0.15, 0.2) is 36.5 Å². The molecule has 0 aliphatic carbocycles. The van der Waals surface area contributed by atoms with E-state index in [4.69, 9.17) is 23.2 Å². The molecule has 0 spiro atoms. The zero-order valence-corrected chi connectivity index (χ0v) is 22.5. The van der Waals surface area contributed by atoms with Crippen molar-refractivity contribution in [1.29, 1.82) is 0 Å². The Labute approximate surface area is 219 Å². The number of carbonyl (C=O) groups is 1. The summed E-state index contributed by atoms with van der Waals surface area (Å²) in [4.78, 5) is 24.2. The Hall–Kier alpha value is -1.86. The summed E-state index contributed by atoms with van der Waals surface area (Å²) in [7, 11) is 0. The van der Waals surface area contributed by atoms with Crippen molar-refractivity contribution in [3.8, 4) is 0 Å². The van der Waals surface area contributed by atoms with Crippen LogP contribution in [-0.2, 0) is 0 Å². The summed E-state index contributed by atoms with van der Waals surface area (Å²) in [5.41, 5.74) is 1.86. The minimum Gasteiger partial charge on any atom is -0.353 e. The maximum Gasteiger partial charge on any atom is 0.252 e. The zero-order valence-electron chi connectivity index (χ0n) is 21.0. The lowest BCUT2D eigenvalue weighted by atomic mass is 9.95. The molecule has 1 amide bonds. The number of carbonyl (C=O) groups excluding carboxylic acids is 1. The molecule has 2 aliphatic heterocycles. The molecule has 1 aromatic carbocycles. The van der Waals surface area contributed by atoms with E-state index in [-0.39, 0.29) is 5.91 Å². The number of nitrogens with one attached hydrogen (secondary N) is 1. The average molecular weight is 519 g/mol. The lowest BCUT2D eigenvalue weighted by Crippen LogP contribution is -2.57. The number of aromatic nitrogens is 1. The molecule has 1 N–H and O–H groups in total. The highest BCUT2D eigenvalue weighted by Gasteiger charge is 2.34. The molecule has 2 aliphatic rings. The number of hydrogen-bond acceptors (Lipinski definition) is 5. The third kappa shape index (κ3) is 6.11. The molecule has 2 aromatic rings. The van der Waals surface area contributed by atoms with Crippen LogP contribution in [0, 0.1) is 0 Å². The minimum absolute atomic E-state index is 0.139. The van der Waals surface area contributed by atoms with E-state index in [9.17, 15) is 4.79 Å². The number of benzene rings is 1. The first-order valence-electron chi connectivity index (χ1n) is 12.8. The predicted molar refractivity (Wildman–Crippen MR) is 145 cm³/mol. The molecule has 4 rings (SSSR count). The summed E-state index contributed by atoms with van der Waals surface area (Å²) in [6, 6.07) is 11.6. The third-order valence-electron chi connectivity index (χ3n) is 7.45. The van der Waals surface area contributed by atoms with Crippen LogP contribution in [-0.4, -0.2) is 72.0 Å². The molecule has 0 radical (unpaired) electrons. The summed E-state index contributed by atoms with van der Waals surface area (Å²) >= 11 is 12.7. The lowest BCUT2D eigenvalue weighted by molar-refractivity contribution is 0.0543. The highest BCUT2D eigenvalue weighted by atomic mass is 35.5. The first-order chi connectivity index (χ1) is 16.9. The van der Waals surface area contributed by atoms with Gasteiger partial charge in [0.2, 0.25) is 0 Å². The van der Waals surface area contributed by atoms with Gasteiger partial charge in [-0.3, -0.25) is 14.6 Å². The van der Waals surface area contributed by atoms with Crippen molar-refractivity contribution in [1.82, 2.24) is 20.1 Å². The van der Waals surface area contributed by atoms with E-state index in [0.717, 1.165) is 50.0 Å². The summed E-state index contributed by atoms with van der Waals surface area (Å²) in [5.74, 6) is 0.633. The van der Waals surface area contributed by atoms with Gasteiger partial charge in [0, 0.05) is 68.6 Å². The molecule has 2 saturated heterocycles. The fourth-order valence-corrected chi connectivity index (χ4v) is 6.09. The summed E-state index contributed by atoms with van der Waals surface area (Å²) in [6.45, 7) is 12.1. The van der Waals surface area contributed by atoms with Gasteiger partial charge in [0.25, 0.3) is 5.91 Å². The molecular weight excluding hydrogens is 481 g/mol. The molecule has 2 fully saturated rings. The van der Waals surface area contributed by atoms with Gasteiger partial charge < -0.3 is 10.2 Å². The molecule has 2 atom stereocenters. The van der Waals surface area contributed by atoms with E-state index < -0.39 is 0 Å². The van der Waals surface area contributed by atoms with Gasteiger partial charge in [-0.2, -0.15) is 0 Å². The van der Waals surface area contributed by atoms with Crippen molar-refractivity contribution in [2.45, 2.75) is 58.2 Å². The number of halogens is 2. The molecular formula is C27H37Cl2N5O. The van der Waals surface area contributed by atoms with Gasteiger partial charge in [0.1, 0.15) is 5.82 Å². The van der Waals surface area contributed by atoms with Gasteiger partial charge in [-0.15, -0.1) is 0 Å². The van der Waals surface area contributed by atoms with Crippen molar-refractivity contribution in [2.24, 2.45) is 0 Å². The van der Waals surface area contributed by atoms with Crippen molar-refractivity contribution in [2.75, 3.05) is 44.2 Å². The Bertz CT molecular complexity index is 994. The van der Waals surface area contributed by atoms with Crippen molar-refractivity contribution < 1.29 is 4.79 Å². The molecule has 35 heavy (non-hydrogen) atoms. The van der Waals surface area contributed by atoms with Gasteiger partial charge in [-0.25, -0.2) is 4.98 Å². The van der Waals surface area contributed by atoms with Gasteiger partial charge in [-0.1, -0.05) is 42.3 Å². The maximum absolute atomic E-state index is 12.1. The highest BCUT2D eigenvalue weighted by Crippen LogP contribution is 2.32. The molecule has 1 aromatic heterocycles. The van der Waals surface area contributed by atoms with Crippen LogP contribution < -0.4 is 10.2 Å². The van der Waals surface area contributed by atoms with Crippen LogP contribution in [0.5, 0.6) is 0 Å². The number of amides is 1. The number of hydrogen-bond donors (Lipinski definition) is 1. The molecule has 0 saturated carbocycles. The smallest absolute Gasteiger partial charge is 0.252 e. The van der Waals surface area contributed by atoms with E-state index in [1.165, 1.54) is 18.4 Å². The third-order valence-corrected chi connectivity index (χ3v) is 7.98. The normalized spacial score (nSPS) is 21.2. The van der Waals surface area contributed by atoms with Crippen LogP contribution in [0.4, 0.5) is 5.82 Å². The number of piperazine rings is 1. The first kappa shape index (κ1) is 26.2. The SMILES string of the molecule is CCNC(=O)c1cnc(N2CCN(C3CCN(C(CC)c4ccc(Cl)cc4)CC3)[C@@H](C)C2)c(Cl)c1. The van der Waals surface area contributed by atoms with Crippen LogP contribution in [0.25, 0.3) is 0 Å². The number of piperidine rings is 1. The van der Waals surface area contributed by atoms with Crippen molar-refractivity contribution in [3.63, 3.8) is 0 Å². The van der Waals surface area contributed by atoms with E-state index in [2.05, 4.69) is 51.0 Å². The van der Waals surface area contributed by atoms with Crippen LogP contribution in [0.3, 0.4) is 0 Å². The Morgan fingerprint density at radius 2 is 1.83 bits per heavy atom. The topological polar surface area (TPSA) is 51.7 Å². The quantitative estimate of drug-likeness (QED) is 0.542. The Morgan fingerprint density at radius 3 is 2.43 bits per heavy atom. The second-order valence-corrected chi connectivity index (χ2v) is 10.5. The fourth-order valence-electron chi connectivity index (χ4n) is 5.68. The Kier molecular flexibility index (Phi) is 8.92. The van der Waals surface area contributed by atoms with Crippen molar-refractivity contribution >= 4 is 34.9 Å². The molecule has 0 bridgehead atoms. The largest absolute Gasteiger partial charge is 0.353 e. The number of likely N-dealkylation sites (tertiary alicyclic amines) is 1. The number of rotatable bonds is 7. The molecule has 8 heteroatoms. The standard InChI is InChI=1S/C27H37Cl2N5O/c1-4-25(20-6-8-22(28)9-7-20)32-12-10-23(11-13-32)34-15-14-33(18-19(34)3)26-24(29)16-21(17-31-26)27(35)30-5-2/h6-9,16-17,19,23,25H,4-5,10-15,18H2,1-3H3,(H,30,35)/t19-,25?/m0/s1. The van der Waals surface area contributed by atoms with E-state index in [1.54, 1.807) is 12.3 Å². The van der Waals surface area contributed by atoms with Gasteiger partial charge in [0.05, 0.1) is 10.6 Å². The highest BCUT2D eigenvalue weighted by molar-refractivity contribution is 6.33. The minimum atomic E-state index is -0.139. The Morgan fingerprint density at radius 1 is 1.11 bits per heavy atom.